The van der Waals surface area contributed by atoms with Crippen LogP contribution in [0.2, 0.25) is 0 Å². The molecule has 0 fully saturated rings. The lowest BCUT2D eigenvalue weighted by Crippen LogP contribution is -2.03. The van der Waals surface area contributed by atoms with Crippen LogP contribution in [0.5, 0.6) is 11.5 Å². The highest BCUT2D eigenvalue weighted by Gasteiger charge is 2.04. The Balaban J connectivity index is 1.71. The number of benzene rings is 3. The van der Waals surface area contributed by atoms with Gasteiger partial charge < -0.3 is 15.6 Å². The average Bonchev–Trinajstić information content (AvgIpc) is 2.61. The van der Waals surface area contributed by atoms with E-state index in [1.54, 1.807) is 54.6 Å². The molecular formula is C21H17NO3. The Hall–Kier alpha value is -3.53. The zero-order chi connectivity index (χ0) is 17.6. The molecule has 3 aromatic carbocycles. The molecule has 25 heavy (non-hydrogen) atoms. The van der Waals surface area contributed by atoms with Crippen molar-refractivity contribution >= 4 is 17.7 Å². The zero-order valence-corrected chi connectivity index (χ0v) is 13.4. The average molecular weight is 331 g/mol. The van der Waals surface area contributed by atoms with Gasteiger partial charge in [0.25, 0.3) is 0 Å². The fourth-order valence-electron chi connectivity index (χ4n) is 2.35. The molecule has 0 spiro atoms. The quantitative estimate of drug-likeness (QED) is 0.324. The molecule has 0 heterocycles. The monoisotopic (exact) mass is 331 g/mol. The first-order chi connectivity index (χ1) is 12.1. The van der Waals surface area contributed by atoms with Gasteiger partial charge in [0, 0.05) is 11.8 Å². The third-order valence-corrected chi connectivity index (χ3v) is 3.58. The van der Waals surface area contributed by atoms with Crippen molar-refractivity contribution in [1.29, 1.82) is 0 Å². The first kappa shape index (κ1) is 16.3. The molecule has 0 saturated heterocycles. The number of rotatable bonds is 4. The molecule has 124 valence electrons. The maximum absolute atomic E-state index is 12.0. The summed E-state index contributed by atoms with van der Waals surface area (Å²) in [5.74, 6) is 0.156. The third-order valence-electron chi connectivity index (χ3n) is 3.58. The third kappa shape index (κ3) is 4.48. The van der Waals surface area contributed by atoms with Crippen LogP contribution in [0.15, 0.2) is 78.9 Å². The van der Waals surface area contributed by atoms with Crippen LogP contribution in [0.1, 0.15) is 5.56 Å². The number of carbonyl (C=O) groups excluding carboxylic acids is 1. The summed E-state index contributed by atoms with van der Waals surface area (Å²) in [4.78, 5) is 12.0. The number of hydrogen-bond donors (Lipinski definition) is 2. The number of phenols is 1. The van der Waals surface area contributed by atoms with Crippen molar-refractivity contribution in [2.24, 2.45) is 0 Å². The topological polar surface area (TPSA) is 72.6 Å². The van der Waals surface area contributed by atoms with E-state index in [2.05, 4.69) is 0 Å². The molecule has 0 aromatic heterocycles. The molecule has 0 atom stereocenters. The Kier molecular flexibility index (Phi) is 4.81. The molecule has 0 aliphatic rings. The van der Waals surface area contributed by atoms with E-state index < -0.39 is 5.97 Å². The summed E-state index contributed by atoms with van der Waals surface area (Å²) in [6.45, 7) is 0. The lowest BCUT2D eigenvalue weighted by atomic mass is 10.1. The predicted molar refractivity (Wildman–Crippen MR) is 99.1 cm³/mol. The molecule has 0 saturated carbocycles. The number of esters is 1. The molecule has 4 heteroatoms. The molecule has 3 aromatic rings. The number of anilines is 1. The van der Waals surface area contributed by atoms with Gasteiger partial charge in [-0.2, -0.15) is 0 Å². The smallest absolute Gasteiger partial charge is 0.336 e. The molecule has 0 aliphatic heterocycles. The zero-order valence-electron chi connectivity index (χ0n) is 13.4. The lowest BCUT2D eigenvalue weighted by molar-refractivity contribution is -0.128. The van der Waals surface area contributed by atoms with Crippen molar-refractivity contribution in [3.63, 3.8) is 0 Å². The summed E-state index contributed by atoms with van der Waals surface area (Å²) < 4.78 is 5.34. The maximum Gasteiger partial charge on any atom is 0.336 e. The van der Waals surface area contributed by atoms with Gasteiger partial charge in [-0.25, -0.2) is 4.79 Å². The van der Waals surface area contributed by atoms with Gasteiger partial charge in [-0.1, -0.05) is 36.4 Å². The first-order valence-corrected chi connectivity index (χ1v) is 7.75. The lowest BCUT2D eigenvalue weighted by Gasteiger charge is -2.06. The van der Waals surface area contributed by atoms with Crippen LogP contribution in [0.3, 0.4) is 0 Å². The van der Waals surface area contributed by atoms with E-state index in [4.69, 9.17) is 10.5 Å². The molecular weight excluding hydrogens is 314 g/mol. The number of carbonyl (C=O) groups is 1. The Morgan fingerprint density at radius 1 is 0.920 bits per heavy atom. The minimum Gasteiger partial charge on any atom is -0.508 e. The molecule has 3 N–H and O–H groups in total. The van der Waals surface area contributed by atoms with Crippen LogP contribution >= 0.6 is 0 Å². The van der Waals surface area contributed by atoms with Crippen LogP contribution in [0.25, 0.3) is 17.2 Å². The number of hydrogen-bond acceptors (Lipinski definition) is 4. The fraction of sp³-hybridized carbons (Fsp3) is 0. The van der Waals surface area contributed by atoms with Gasteiger partial charge >= 0.3 is 5.97 Å². The van der Waals surface area contributed by atoms with Gasteiger partial charge in [-0.3, -0.25) is 0 Å². The van der Waals surface area contributed by atoms with Gasteiger partial charge in [-0.05, 0) is 59.2 Å². The molecule has 0 bridgehead atoms. The van der Waals surface area contributed by atoms with Gasteiger partial charge in [0.1, 0.15) is 11.5 Å². The largest absolute Gasteiger partial charge is 0.508 e. The van der Waals surface area contributed by atoms with Crippen LogP contribution in [0.4, 0.5) is 5.69 Å². The van der Waals surface area contributed by atoms with E-state index in [1.807, 2.05) is 24.3 Å². The van der Waals surface area contributed by atoms with Crippen molar-refractivity contribution in [2.45, 2.75) is 0 Å². The van der Waals surface area contributed by atoms with Crippen molar-refractivity contribution in [3.8, 4) is 22.6 Å². The summed E-state index contributed by atoms with van der Waals surface area (Å²) in [5.41, 5.74) is 8.85. The minimum absolute atomic E-state index is 0.186. The molecule has 4 nitrogen and oxygen atoms in total. The van der Waals surface area contributed by atoms with Gasteiger partial charge in [-0.15, -0.1) is 0 Å². The summed E-state index contributed by atoms with van der Waals surface area (Å²) in [6, 6.07) is 21.2. The Morgan fingerprint density at radius 2 is 1.60 bits per heavy atom. The van der Waals surface area contributed by atoms with Gasteiger partial charge in [0.15, 0.2) is 0 Å². The fourth-order valence-corrected chi connectivity index (χ4v) is 2.35. The Bertz CT molecular complexity index is 914. The highest BCUT2D eigenvalue weighted by molar-refractivity contribution is 5.89. The van der Waals surface area contributed by atoms with Crippen LogP contribution < -0.4 is 10.5 Å². The maximum atomic E-state index is 12.0. The highest BCUT2D eigenvalue weighted by atomic mass is 16.5. The first-order valence-electron chi connectivity index (χ1n) is 7.75. The minimum atomic E-state index is -0.468. The van der Waals surface area contributed by atoms with E-state index in [1.165, 1.54) is 6.08 Å². The second-order valence-corrected chi connectivity index (χ2v) is 5.50. The Labute approximate surface area is 145 Å². The second-order valence-electron chi connectivity index (χ2n) is 5.50. The highest BCUT2D eigenvalue weighted by Crippen LogP contribution is 2.26. The predicted octanol–water partition coefficient (Wildman–Crippen LogP) is 4.26. The number of aromatic hydroxyl groups is 1. The van der Waals surface area contributed by atoms with E-state index in [9.17, 15) is 9.90 Å². The molecule has 3 rings (SSSR count). The van der Waals surface area contributed by atoms with Crippen molar-refractivity contribution in [3.05, 3.63) is 84.4 Å². The van der Waals surface area contributed by atoms with Crippen LogP contribution in [-0.4, -0.2) is 11.1 Å². The number of nitrogens with two attached hydrogens (primary N) is 1. The van der Waals surface area contributed by atoms with E-state index in [0.717, 1.165) is 16.7 Å². The number of nitrogen functional groups attached to an aromatic ring is 1. The van der Waals surface area contributed by atoms with E-state index in [0.29, 0.717) is 11.4 Å². The van der Waals surface area contributed by atoms with Crippen molar-refractivity contribution in [2.75, 3.05) is 5.73 Å². The van der Waals surface area contributed by atoms with Crippen LogP contribution in [-0.2, 0) is 4.79 Å². The molecule has 0 aliphatic carbocycles. The Morgan fingerprint density at radius 3 is 2.32 bits per heavy atom. The van der Waals surface area contributed by atoms with Gasteiger partial charge in [0.05, 0.1) is 0 Å². The van der Waals surface area contributed by atoms with Crippen LogP contribution in [0, 0.1) is 0 Å². The SMILES string of the molecule is Nc1ccc(/C=C/C(=O)Oc2cccc(-c3cccc(O)c3)c2)cc1. The standard InChI is InChI=1S/C21H17NO3/c22-18-10-7-15(8-11-18)9-12-21(24)25-20-6-2-4-17(14-20)16-3-1-5-19(23)13-16/h1-14,23H,22H2/b12-9+. The summed E-state index contributed by atoms with van der Waals surface area (Å²) >= 11 is 0. The molecule has 0 amide bonds. The second kappa shape index (κ2) is 7.36. The number of phenolic OH excluding ortho intramolecular Hbond substituents is 1. The van der Waals surface area contributed by atoms with E-state index >= 15 is 0 Å². The van der Waals surface area contributed by atoms with Crippen molar-refractivity contribution in [1.82, 2.24) is 0 Å². The number of ether oxygens (including phenoxy) is 1. The summed E-state index contributed by atoms with van der Waals surface area (Å²) in [6.07, 6.45) is 3.04. The van der Waals surface area contributed by atoms with Gasteiger partial charge in [0.2, 0.25) is 0 Å². The summed E-state index contributed by atoms with van der Waals surface area (Å²) in [5, 5.41) is 9.58. The molecule has 0 radical (unpaired) electrons. The normalized spacial score (nSPS) is 10.7. The van der Waals surface area contributed by atoms with Crippen molar-refractivity contribution < 1.29 is 14.6 Å². The summed E-state index contributed by atoms with van der Waals surface area (Å²) in [7, 11) is 0. The van der Waals surface area contributed by atoms with E-state index in [-0.39, 0.29) is 5.75 Å². The molecule has 0 unspecified atom stereocenters.